The van der Waals surface area contributed by atoms with Crippen molar-refractivity contribution in [3.8, 4) is 11.1 Å². The maximum Gasteiger partial charge on any atom is 0.266 e. The van der Waals surface area contributed by atoms with Crippen LogP contribution in [0.15, 0.2) is 53.4 Å². The number of thioether (sulfide) groups is 1. The SMILES string of the molecule is CSc1cc(NC(=O)c2sc(C3CC3)cc2-c2ccccc2C)ccc1C. The van der Waals surface area contributed by atoms with Gasteiger partial charge in [0.2, 0.25) is 0 Å². The van der Waals surface area contributed by atoms with Crippen molar-refractivity contribution in [3.63, 3.8) is 0 Å². The summed E-state index contributed by atoms with van der Waals surface area (Å²) in [5.74, 6) is 0.628. The Labute approximate surface area is 169 Å². The van der Waals surface area contributed by atoms with Gasteiger partial charge in [0.1, 0.15) is 4.88 Å². The Morgan fingerprint density at radius 2 is 1.81 bits per heavy atom. The van der Waals surface area contributed by atoms with Gasteiger partial charge >= 0.3 is 0 Å². The molecule has 1 aromatic heterocycles. The minimum absolute atomic E-state index is 0.0129. The third kappa shape index (κ3) is 3.83. The van der Waals surface area contributed by atoms with Crippen LogP contribution in [0.1, 0.15) is 44.4 Å². The van der Waals surface area contributed by atoms with E-state index in [9.17, 15) is 4.79 Å². The lowest BCUT2D eigenvalue weighted by Crippen LogP contribution is -2.11. The Morgan fingerprint density at radius 3 is 2.52 bits per heavy atom. The molecule has 27 heavy (non-hydrogen) atoms. The third-order valence-electron chi connectivity index (χ3n) is 5.04. The molecule has 0 bridgehead atoms. The topological polar surface area (TPSA) is 29.1 Å². The van der Waals surface area contributed by atoms with Crippen molar-refractivity contribution < 1.29 is 4.79 Å². The van der Waals surface area contributed by atoms with Crippen LogP contribution in [0.2, 0.25) is 0 Å². The summed E-state index contributed by atoms with van der Waals surface area (Å²) < 4.78 is 0. The van der Waals surface area contributed by atoms with Crippen LogP contribution >= 0.6 is 23.1 Å². The van der Waals surface area contributed by atoms with Crippen LogP contribution in [0, 0.1) is 13.8 Å². The molecule has 1 saturated carbocycles. The molecule has 138 valence electrons. The van der Waals surface area contributed by atoms with Gasteiger partial charge in [-0.2, -0.15) is 0 Å². The summed E-state index contributed by atoms with van der Waals surface area (Å²) in [6.07, 6.45) is 4.54. The molecule has 0 atom stereocenters. The van der Waals surface area contributed by atoms with Gasteiger partial charge < -0.3 is 5.32 Å². The van der Waals surface area contributed by atoms with Crippen LogP contribution in [0.25, 0.3) is 11.1 Å². The lowest BCUT2D eigenvalue weighted by Gasteiger charge is -2.10. The maximum absolute atomic E-state index is 13.2. The average molecular weight is 394 g/mol. The molecule has 2 aromatic carbocycles. The molecule has 0 spiro atoms. The van der Waals surface area contributed by atoms with Crippen molar-refractivity contribution in [3.05, 3.63) is 69.4 Å². The molecule has 3 aromatic rings. The highest BCUT2D eigenvalue weighted by molar-refractivity contribution is 7.98. The highest BCUT2D eigenvalue weighted by atomic mass is 32.2. The molecule has 4 rings (SSSR count). The maximum atomic E-state index is 13.2. The van der Waals surface area contributed by atoms with Gasteiger partial charge in [0, 0.05) is 21.0 Å². The lowest BCUT2D eigenvalue weighted by molar-refractivity contribution is 0.103. The molecule has 1 fully saturated rings. The van der Waals surface area contributed by atoms with Gasteiger partial charge in [-0.1, -0.05) is 30.3 Å². The summed E-state index contributed by atoms with van der Waals surface area (Å²) in [5.41, 5.74) is 5.50. The molecular weight excluding hydrogens is 370 g/mol. The zero-order chi connectivity index (χ0) is 19.0. The highest BCUT2D eigenvalue weighted by Crippen LogP contribution is 2.46. The van der Waals surface area contributed by atoms with E-state index in [1.165, 1.54) is 33.7 Å². The van der Waals surface area contributed by atoms with Gasteiger partial charge in [-0.15, -0.1) is 23.1 Å². The standard InChI is InChI=1S/C23H23NOS2/c1-14-6-4-5-7-18(14)19-13-21(16-9-10-16)27-22(19)23(25)24-17-11-8-15(2)20(12-17)26-3/h4-8,11-13,16H,9-10H2,1-3H3,(H,24,25). The monoisotopic (exact) mass is 393 g/mol. The van der Waals surface area contributed by atoms with Crippen LogP contribution < -0.4 is 5.32 Å². The summed E-state index contributed by atoms with van der Waals surface area (Å²) in [5, 5.41) is 3.12. The summed E-state index contributed by atoms with van der Waals surface area (Å²) in [7, 11) is 0. The molecule has 1 heterocycles. The van der Waals surface area contributed by atoms with Crippen molar-refractivity contribution in [2.45, 2.75) is 37.5 Å². The predicted octanol–water partition coefficient (Wildman–Crippen LogP) is 6.88. The van der Waals surface area contributed by atoms with Gasteiger partial charge in [0.05, 0.1) is 0 Å². The number of hydrogen-bond donors (Lipinski definition) is 1. The Morgan fingerprint density at radius 1 is 1.04 bits per heavy atom. The van der Waals surface area contributed by atoms with E-state index in [-0.39, 0.29) is 5.91 Å². The largest absolute Gasteiger partial charge is 0.321 e. The first-order valence-electron chi connectivity index (χ1n) is 9.22. The molecule has 0 saturated heterocycles. The zero-order valence-corrected chi connectivity index (χ0v) is 17.5. The van der Waals surface area contributed by atoms with E-state index >= 15 is 0 Å². The number of benzene rings is 2. The van der Waals surface area contributed by atoms with Crippen LogP contribution in [-0.2, 0) is 0 Å². The number of carbonyl (C=O) groups excluding carboxylic acids is 1. The Bertz CT molecular complexity index is 1000. The van der Waals surface area contributed by atoms with Crippen molar-refractivity contribution in [1.82, 2.24) is 0 Å². The fourth-order valence-corrected chi connectivity index (χ4v) is 5.18. The first kappa shape index (κ1) is 18.3. The minimum atomic E-state index is -0.0129. The smallest absolute Gasteiger partial charge is 0.266 e. The van der Waals surface area contributed by atoms with E-state index in [2.05, 4.69) is 55.8 Å². The number of carbonyl (C=O) groups is 1. The van der Waals surface area contributed by atoms with Gasteiger partial charge in [-0.25, -0.2) is 0 Å². The lowest BCUT2D eigenvalue weighted by atomic mass is 10.0. The van der Waals surface area contributed by atoms with Crippen LogP contribution in [0.5, 0.6) is 0 Å². The van der Waals surface area contributed by atoms with Crippen LogP contribution in [-0.4, -0.2) is 12.2 Å². The Hall–Kier alpha value is -2.04. The third-order valence-corrected chi connectivity index (χ3v) is 7.21. The predicted molar refractivity (Wildman–Crippen MR) is 117 cm³/mol. The van der Waals surface area contributed by atoms with Crippen LogP contribution in [0.4, 0.5) is 5.69 Å². The minimum Gasteiger partial charge on any atom is -0.321 e. The van der Waals surface area contributed by atoms with Gasteiger partial charge in [-0.05, 0) is 73.8 Å². The van der Waals surface area contributed by atoms with E-state index in [1.807, 2.05) is 18.2 Å². The van der Waals surface area contributed by atoms with E-state index < -0.39 is 0 Å². The fraction of sp³-hybridized carbons (Fsp3) is 0.261. The van der Waals surface area contributed by atoms with Gasteiger partial charge in [0.15, 0.2) is 0 Å². The molecule has 0 radical (unpaired) electrons. The number of nitrogens with one attached hydrogen (secondary N) is 1. The van der Waals surface area contributed by atoms with Crippen LogP contribution in [0.3, 0.4) is 0 Å². The first-order valence-corrected chi connectivity index (χ1v) is 11.3. The second-order valence-electron chi connectivity index (χ2n) is 7.12. The van der Waals surface area contributed by atoms with Crippen molar-refractivity contribution >= 4 is 34.7 Å². The summed E-state index contributed by atoms with van der Waals surface area (Å²) >= 11 is 3.36. The summed E-state index contributed by atoms with van der Waals surface area (Å²) in [6.45, 7) is 4.20. The quantitative estimate of drug-likeness (QED) is 0.479. The molecule has 0 unspecified atom stereocenters. The zero-order valence-electron chi connectivity index (χ0n) is 15.8. The molecule has 4 heteroatoms. The van der Waals surface area contributed by atoms with Crippen molar-refractivity contribution in [2.24, 2.45) is 0 Å². The normalized spacial score (nSPS) is 13.6. The molecule has 2 nitrogen and oxygen atoms in total. The summed E-state index contributed by atoms with van der Waals surface area (Å²) in [4.78, 5) is 16.5. The molecule has 1 N–H and O–H groups in total. The number of rotatable bonds is 5. The highest BCUT2D eigenvalue weighted by Gasteiger charge is 2.29. The molecular formula is C23H23NOS2. The van der Waals surface area contributed by atoms with E-state index in [0.717, 1.165) is 21.7 Å². The number of anilines is 1. The fourth-order valence-electron chi connectivity index (χ4n) is 3.31. The van der Waals surface area contributed by atoms with E-state index in [0.29, 0.717) is 5.92 Å². The average Bonchev–Trinajstić information content (AvgIpc) is 3.42. The Balaban J connectivity index is 1.70. The first-order chi connectivity index (χ1) is 13.1. The van der Waals surface area contributed by atoms with E-state index in [4.69, 9.17) is 0 Å². The second kappa shape index (κ2) is 7.53. The van der Waals surface area contributed by atoms with Crippen molar-refractivity contribution in [2.75, 3.05) is 11.6 Å². The van der Waals surface area contributed by atoms with Gasteiger partial charge in [-0.3, -0.25) is 4.79 Å². The number of hydrogen-bond acceptors (Lipinski definition) is 3. The van der Waals surface area contributed by atoms with Crippen molar-refractivity contribution in [1.29, 1.82) is 0 Å². The molecule has 1 aliphatic carbocycles. The second-order valence-corrected chi connectivity index (χ2v) is 9.05. The molecule has 1 aliphatic rings. The van der Waals surface area contributed by atoms with Gasteiger partial charge in [0.25, 0.3) is 5.91 Å². The van der Waals surface area contributed by atoms with E-state index in [1.54, 1.807) is 23.1 Å². The Kier molecular flexibility index (Phi) is 5.11. The number of amides is 1. The summed E-state index contributed by atoms with van der Waals surface area (Å²) in [6, 6.07) is 16.7. The number of aryl methyl sites for hydroxylation is 2. The number of thiophene rings is 1. The molecule has 1 amide bonds. The molecule has 0 aliphatic heterocycles.